The van der Waals surface area contributed by atoms with Crippen molar-refractivity contribution in [1.82, 2.24) is 19.9 Å². The summed E-state index contributed by atoms with van der Waals surface area (Å²) in [7, 11) is -2.04. The van der Waals surface area contributed by atoms with Crippen molar-refractivity contribution in [2.24, 2.45) is 11.3 Å². The summed E-state index contributed by atoms with van der Waals surface area (Å²) in [6, 6.07) is 20.0. The molecule has 11 heteroatoms. The number of ether oxygens (including phenoxy) is 1. The summed E-state index contributed by atoms with van der Waals surface area (Å²) >= 11 is 0. The first-order valence-corrected chi connectivity index (χ1v) is 19.7. The standard InChI is InChI=1S/C40H46N6O4S/c1-24(2)19-34-33-16-15-32(30-13-8-14-35(41-30)45(5)28-22-40(23-28)17-18-40)46(33)38(47)27-11-7-12-29(20-27)51(48,49)44-39-42-31(21-36(43-39)50-34)37-25(3)9-6-10-26(37)4/h6-14,20-21,24,28,32-34H,15-19,22-23H2,1-5H3,(H,42,43,44)/t32-,33+,34-/m1/s1. The van der Waals surface area contributed by atoms with E-state index in [2.05, 4.69) is 46.6 Å². The van der Waals surface area contributed by atoms with Crippen LogP contribution in [0.5, 0.6) is 5.88 Å². The highest BCUT2D eigenvalue weighted by Gasteiger charge is 2.54. The predicted molar refractivity (Wildman–Crippen MR) is 197 cm³/mol. The number of sulfonamides is 1. The highest BCUT2D eigenvalue weighted by molar-refractivity contribution is 7.92. The average molecular weight is 707 g/mol. The van der Waals surface area contributed by atoms with Crippen molar-refractivity contribution in [2.75, 3.05) is 16.7 Å². The van der Waals surface area contributed by atoms with Crippen molar-refractivity contribution >= 4 is 27.7 Å². The number of benzene rings is 2. The second-order valence-electron chi connectivity index (χ2n) is 15.6. The average Bonchev–Trinajstić information content (AvgIpc) is 3.77. The second-order valence-corrected chi connectivity index (χ2v) is 17.2. The Morgan fingerprint density at radius 3 is 2.41 bits per heavy atom. The third-order valence-corrected chi connectivity index (χ3v) is 12.8. The summed E-state index contributed by atoms with van der Waals surface area (Å²) in [6.45, 7) is 8.29. The van der Waals surface area contributed by atoms with Gasteiger partial charge in [0.25, 0.3) is 15.9 Å². The Balaban J connectivity index is 1.23. The Hall–Kier alpha value is -4.51. The molecule has 1 amide bonds. The lowest BCUT2D eigenvalue weighted by molar-refractivity contribution is 0.0392. The van der Waals surface area contributed by atoms with E-state index in [1.807, 2.05) is 49.1 Å². The maximum atomic E-state index is 14.8. The zero-order chi connectivity index (χ0) is 35.7. The first-order chi connectivity index (χ1) is 24.4. The van der Waals surface area contributed by atoms with Crippen LogP contribution in [0.25, 0.3) is 11.3 Å². The van der Waals surface area contributed by atoms with Crippen molar-refractivity contribution in [1.29, 1.82) is 0 Å². The summed E-state index contributed by atoms with van der Waals surface area (Å²) in [4.78, 5) is 33.4. The van der Waals surface area contributed by atoms with Crippen LogP contribution in [0.15, 0.2) is 71.6 Å². The van der Waals surface area contributed by atoms with Crippen molar-refractivity contribution < 1.29 is 17.9 Å². The van der Waals surface area contributed by atoms with Gasteiger partial charge in [-0.1, -0.05) is 44.2 Å². The molecular formula is C40H46N6O4S. The minimum absolute atomic E-state index is 0.0437. The first-order valence-electron chi connectivity index (χ1n) is 18.2. The van der Waals surface area contributed by atoms with E-state index in [-0.39, 0.29) is 40.6 Å². The van der Waals surface area contributed by atoms with Gasteiger partial charge in [-0.2, -0.15) is 4.98 Å². The fraction of sp³-hybridized carbons (Fsp3) is 0.450. The van der Waals surface area contributed by atoms with E-state index in [1.165, 1.54) is 37.8 Å². The van der Waals surface area contributed by atoms with Gasteiger partial charge in [-0.05, 0) is 112 Å². The number of anilines is 2. The van der Waals surface area contributed by atoms with Crippen molar-refractivity contribution in [2.45, 2.75) is 102 Å². The molecule has 4 aliphatic rings. The second kappa shape index (κ2) is 12.6. The third-order valence-electron chi connectivity index (χ3n) is 11.4. The fourth-order valence-electron chi connectivity index (χ4n) is 8.50. The number of amides is 1. The number of carbonyl (C=O) groups is 1. The van der Waals surface area contributed by atoms with E-state index in [9.17, 15) is 13.2 Å². The van der Waals surface area contributed by atoms with Crippen molar-refractivity contribution in [3.8, 4) is 17.1 Å². The maximum Gasteiger partial charge on any atom is 0.264 e. The molecule has 4 heterocycles. The molecule has 2 aliphatic heterocycles. The molecule has 8 rings (SSSR count). The molecule has 1 spiro atoms. The van der Waals surface area contributed by atoms with E-state index >= 15 is 0 Å². The number of hydrogen-bond acceptors (Lipinski definition) is 8. The van der Waals surface area contributed by atoms with E-state index in [0.29, 0.717) is 42.0 Å². The monoisotopic (exact) mass is 706 g/mol. The number of pyridine rings is 1. The molecule has 2 saturated carbocycles. The minimum atomic E-state index is -4.17. The van der Waals surface area contributed by atoms with Gasteiger partial charge in [0.2, 0.25) is 11.8 Å². The molecule has 10 nitrogen and oxygen atoms in total. The Bertz CT molecular complexity index is 2090. The molecular weight excluding hydrogens is 661 g/mol. The van der Waals surface area contributed by atoms with Gasteiger partial charge in [0, 0.05) is 30.3 Å². The summed E-state index contributed by atoms with van der Waals surface area (Å²) in [6.07, 6.45) is 6.72. The zero-order valence-corrected chi connectivity index (χ0v) is 30.8. The fourth-order valence-corrected chi connectivity index (χ4v) is 9.49. The highest BCUT2D eigenvalue weighted by Crippen LogP contribution is 2.62. The van der Waals surface area contributed by atoms with E-state index in [1.54, 1.807) is 18.2 Å². The molecule has 2 aromatic heterocycles. The molecule has 0 radical (unpaired) electrons. The number of aromatic nitrogens is 3. The number of rotatable bonds is 6. The Morgan fingerprint density at radius 1 is 0.961 bits per heavy atom. The molecule has 3 atom stereocenters. The van der Waals surface area contributed by atoms with Crippen molar-refractivity contribution in [3.63, 3.8) is 0 Å². The lowest BCUT2D eigenvalue weighted by Gasteiger charge is -2.42. The minimum Gasteiger partial charge on any atom is -0.472 e. The topological polar surface area (TPSA) is 118 Å². The predicted octanol–water partition coefficient (Wildman–Crippen LogP) is 7.49. The van der Waals surface area contributed by atoms with Crippen LogP contribution in [0, 0.1) is 25.2 Å². The molecule has 1 N–H and O–H groups in total. The molecule has 4 aromatic rings. The van der Waals surface area contributed by atoms with Gasteiger partial charge in [0.1, 0.15) is 11.9 Å². The summed E-state index contributed by atoms with van der Waals surface area (Å²) in [5, 5.41) is 0. The van der Waals surface area contributed by atoms with Gasteiger partial charge in [-0.15, -0.1) is 0 Å². The largest absolute Gasteiger partial charge is 0.472 e. The Morgan fingerprint density at radius 2 is 1.69 bits per heavy atom. The van der Waals surface area contributed by atoms with E-state index in [0.717, 1.165) is 28.2 Å². The molecule has 1 saturated heterocycles. The molecule has 51 heavy (non-hydrogen) atoms. The normalized spacial score (nSPS) is 23.3. The van der Waals surface area contributed by atoms with Gasteiger partial charge >= 0.3 is 0 Å². The summed E-state index contributed by atoms with van der Waals surface area (Å²) in [5.41, 5.74) is 5.14. The Labute approximate surface area is 300 Å². The van der Waals surface area contributed by atoms with Crippen molar-refractivity contribution in [3.05, 3.63) is 89.1 Å². The molecule has 4 bridgehead atoms. The molecule has 2 aromatic carbocycles. The van der Waals surface area contributed by atoms with Gasteiger partial charge in [-0.3, -0.25) is 4.79 Å². The number of fused-ring (bicyclic) bond motifs is 5. The van der Waals surface area contributed by atoms with E-state index < -0.39 is 16.1 Å². The maximum absolute atomic E-state index is 14.8. The first kappa shape index (κ1) is 33.6. The van der Waals surface area contributed by atoms with Crippen LogP contribution in [0.3, 0.4) is 0 Å². The van der Waals surface area contributed by atoms with Gasteiger partial charge in [0.15, 0.2) is 0 Å². The van der Waals surface area contributed by atoms with Gasteiger partial charge in [0.05, 0.1) is 28.4 Å². The number of aryl methyl sites for hydroxylation is 2. The van der Waals surface area contributed by atoms with E-state index in [4.69, 9.17) is 9.72 Å². The lowest BCUT2D eigenvalue weighted by atomic mass is 9.76. The SMILES string of the molecule is Cc1cccc(C)c1-c1cc2nc(n1)NS(=O)(=O)c1cccc(c1)C(=O)N1[C@@H](c3cccc(N(C)C4CC5(CC5)C4)n3)CC[C@H]1[C@@H](CC(C)C)O2. The molecule has 0 unspecified atom stereocenters. The van der Waals surface area contributed by atoms with Crippen LogP contribution in [-0.4, -0.2) is 59.4 Å². The number of hydrogen-bond donors (Lipinski definition) is 1. The van der Waals surface area contributed by atoms with Gasteiger partial charge < -0.3 is 14.5 Å². The van der Waals surface area contributed by atoms with Gasteiger partial charge in [-0.25, -0.2) is 23.1 Å². The quantitative estimate of drug-likeness (QED) is 0.219. The lowest BCUT2D eigenvalue weighted by Crippen LogP contribution is -2.47. The van der Waals surface area contributed by atoms with Crippen LogP contribution in [-0.2, 0) is 10.0 Å². The third kappa shape index (κ3) is 6.34. The molecule has 3 fully saturated rings. The molecule has 266 valence electrons. The summed E-state index contributed by atoms with van der Waals surface area (Å²) < 4.78 is 37.1. The number of carbonyl (C=O) groups excluding carboxylic acids is 1. The number of nitrogens with zero attached hydrogens (tertiary/aromatic N) is 5. The summed E-state index contributed by atoms with van der Waals surface area (Å²) in [5.74, 6) is 1.07. The van der Waals surface area contributed by atoms with Crippen LogP contribution in [0.2, 0.25) is 0 Å². The highest BCUT2D eigenvalue weighted by atomic mass is 32.2. The Kier molecular flexibility index (Phi) is 8.32. The van der Waals surface area contributed by atoms with Crippen LogP contribution in [0.4, 0.5) is 11.8 Å². The number of nitrogens with one attached hydrogen (secondary N) is 1. The smallest absolute Gasteiger partial charge is 0.264 e. The molecule has 2 aliphatic carbocycles. The zero-order valence-electron chi connectivity index (χ0n) is 30.0. The van der Waals surface area contributed by atoms with Crippen LogP contribution < -0.4 is 14.4 Å². The van der Waals surface area contributed by atoms with Crippen LogP contribution in [0.1, 0.15) is 92.0 Å². The van der Waals surface area contributed by atoms with Crippen LogP contribution >= 0.6 is 0 Å².